The molecule has 19 heavy (non-hydrogen) atoms. The lowest BCUT2D eigenvalue weighted by Crippen LogP contribution is -2.61. The Morgan fingerprint density at radius 3 is 2.74 bits per heavy atom. The van der Waals surface area contributed by atoms with Crippen molar-refractivity contribution in [2.24, 2.45) is 5.41 Å². The van der Waals surface area contributed by atoms with Crippen molar-refractivity contribution in [2.75, 3.05) is 0 Å². The zero-order valence-corrected chi connectivity index (χ0v) is 10.9. The van der Waals surface area contributed by atoms with E-state index in [9.17, 15) is 18.7 Å². The zero-order chi connectivity index (χ0) is 14.2. The number of hydrogen-bond acceptors (Lipinski definition) is 2. The molecule has 2 atom stereocenters. The molecule has 1 aromatic rings. The molecular formula is C14H17F2NO2. The Morgan fingerprint density at radius 1 is 1.47 bits per heavy atom. The van der Waals surface area contributed by atoms with Crippen molar-refractivity contribution in [3.05, 3.63) is 35.4 Å². The predicted octanol–water partition coefficient (Wildman–Crippen LogP) is 1.78. The van der Waals surface area contributed by atoms with E-state index >= 15 is 0 Å². The number of hydrogen-bond donors (Lipinski definition) is 2. The van der Waals surface area contributed by atoms with Crippen molar-refractivity contribution in [3.63, 3.8) is 0 Å². The van der Waals surface area contributed by atoms with Gasteiger partial charge in [0, 0.05) is 17.0 Å². The largest absolute Gasteiger partial charge is 0.392 e. The topological polar surface area (TPSA) is 49.3 Å². The van der Waals surface area contributed by atoms with Gasteiger partial charge >= 0.3 is 0 Å². The standard InChI is InChI=1S/C14H17F2NO2/c1-14(2)10(7-11(14)18)17-12(19)6-8-4-3-5-9(15)13(8)16/h3-5,10-11,18H,6-7H2,1-2H3,(H,17,19). The molecule has 0 spiro atoms. The van der Waals surface area contributed by atoms with Crippen LogP contribution >= 0.6 is 0 Å². The second-order valence-corrected chi connectivity index (χ2v) is 5.58. The summed E-state index contributed by atoms with van der Waals surface area (Å²) in [7, 11) is 0. The summed E-state index contributed by atoms with van der Waals surface area (Å²) in [5, 5.41) is 12.3. The van der Waals surface area contributed by atoms with Gasteiger partial charge in [0.25, 0.3) is 0 Å². The summed E-state index contributed by atoms with van der Waals surface area (Å²) in [5.41, 5.74) is -0.342. The number of nitrogens with one attached hydrogen (secondary N) is 1. The van der Waals surface area contributed by atoms with Crippen LogP contribution in [0.25, 0.3) is 0 Å². The van der Waals surface area contributed by atoms with E-state index < -0.39 is 17.7 Å². The summed E-state index contributed by atoms with van der Waals surface area (Å²) in [6.07, 6.45) is -0.153. The fourth-order valence-corrected chi connectivity index (χ4v) is 2.25. The van der Waals surface area contributed by atoms with Gasteiger partial charge in [-0.15, -0.1) is 0 Å². The van der Waals surface area contributed by atoms with Crippen molar-refractivity contribution in [1.82, 2.24) is 5.32 Å². The third-order valence-corrected chi connectivity index (χ3v) is 3.93. The van der Waals surface area contributed by atoms with Gasteiger partial charge in [-0.2, -0.15) is 0 Å². The van der Waals surface area contributed by atoms with E-state index in [1.54, 1.807) is 0 Å². The Labute approximate surface area is 110 Å². The molecule has 104 valence electrons. The van der Waals surface area contributed by atoms with Crippen LogP contribution in [0.4, 0.5) is 8.78 Å². The van der Waals surface area contributed by atoms with Crippen LogP contribution in [0.5, 0.6) is 0 Å². The van der Waals surface area contributed by atoms with Crippen molar-refractivity contribution in [3.8, 4) is 0 Å². The molecule has 5 heteroatoms. The molecule has 1 aliphatic rings. The first-order valence-corrected chi connectivity index (χ1v) is 6.22. The lowest BCUT2D eigenvalue weighted by atomic mass is 9.64. The molecule has 0 saturated heterocycles. The van der Waals surface area contributed by atoms with Gasteiger partial charge in [-0.25, -0.2) is 8.78 Å². The molecule has 1 amide bonds. The first kappa shape index (κ1) is 13.9. The Hall–Kier alpha value is -1.49. The van der Waals surface area contributed by atoms with E-state index in [1.165, 1.54) is 12.1 Å². The molecular weight excluding hydrogens is 252 g/mol. The number of halogens is 2. The van der Waals surface area contributed by atoms with Crippen LogP contribution in [0.1, 0.15) is 25.8 Å². The van der Waals surface area contributed by atoms with E-state index in [4.69, 9.17) is 0 Å². The lowest BCUT2D eigenvalue weighted by Gasteiger charge is -2.49. The van der Waals surface area contributed by atoms with Crippen LogP contribution in [-0.2, 0) is 11.2 Å². The number of carbonyl (C=O) groups is 1. The molecule has 2 N–H and O–H groups in total. The maximum absolute atomic E-state index is 13.4. The fraction of sp³-hybridized carbons (Fsp3) is 0.500. The third-order valence-electron chi connectivity index (χ3n) is 3.93. The minimum absolute atomic E-state index is 0.0372. The summed E-state index contributed by atoms with van der Waals surface area (Å²) in [6.45, 7) is 3.71. The Kier molecular flexibility index (Phi) is 3.58. The maximum Gasteiger partial charge on any atom is 0.224 e. The summed E-state index contributed by atoms with van der Waals surface area (Å²) < 4.78 is 26.4. The highest BCUT2D eigenvalue weighted by Crippen LogP contribution is 2.40. The summed E-state index contributed by atoms with van der Waals surface area (Å²) in [6, 6.07) is 3.64. The van der Waals surface area contributed by atoms with Gasteiger partial charge in [-0.1, -0.05) is 26.0 Å². The highest BCUT2D eigenvalue weighted by atomic mass is 19.2. The molecule has 0 heterocycles. The van der Waals surface area contributed by atoms with E-state index in [1.807, 2.05) is 13.8 Å². The van der Waals surface area contributed by atoms with Crippen LogP contribution in [0.2, 0.25) is 0 Å². The van der Waals surface area contributed by atoms with Crippen LogP contribution in [0.3, 0.4) is 0 Å². The van der Waals surface area contributed by atoms with Gasteiger partial charge in [-0.3, -0.25) is 4.79 Å². The average Bonchev–Trinajstić information content (AvgIpc) is 2.35. The molecule has 2 rings (SSSR count). The van der Waals surface area contributed by atoms with Gasteiger partial charge in [0.15, 0.2) is 11.6 Å². The van der Waals surface area contributed by atoms with Crippen molar-refractivity contribution >= 4 is 5.91 Å². The average molecular weight is 269 g/mol. The minimum atomic E-state index is -0.981. The molecule has 3 nitrogen and oxygen atoms in total. The molecule has 2 unspecified atom stereocenters. The van der Waals surface area contributed by atoms with Crippen LogP contribution in [0.15, 0.2) is 18.2 Å². The highest BCUT2D eigenvalue weighted by molar-refractivity contribution is 5.79. The molecule has 1 fully saturated rings. The van der Waals surface area contributed by atoms with Crippen LogP contribution in [-0.4, -0.2) is 23.2 Å². The molecule has 1 saturated carbocycles. The number of aliphatic hydroxyl groups excluding tert-OH is 1. The molecule has 1 aromatic carbocycles. The Balaban J connectivity index is 1.97. The van der Waals surface area contributed by atoms with Gasteiger partial charge in [0.2, 0.25) is 5.91 Å². The predicted molar refractivity (Wildman–Crippen MR) is 66.4 cm³/mol. The Morgan fingerprint density at radius 2 is 2.16 bits per heavy atom. The first-order valence-electron chi connectivity index (χ1n) is 6.22. The van der Waals surface area contributed by atoms with Crippen molar-refractivity contribution < 1.29 is 18.7 Å². The fourth-order valence-electron chi connectivity index (χ4n) is 2.25. The molecule has 0 bridgehead atoms. The van der Waals surface area contributed by atoms with Crippen molar-refractivity contribution in [1.29, 1.82) is 0 Å². The van der Waals surface area contributed by atoms with E-state index in [0.717, 1.165) is 6.07 Å². The second-order valence-electron chi connectivity index (χ2n) is 5.58. The first-order chi connectivity index (χ1) is 8.82. The quantitative estimate of drug-likeness (QED) is 0.879. The van der Waals surface area contributed by atoms with E-state index in [0.29, 0.717) is 6.42 Å². The summed E-state index contributed by atoms with van der Waals surface area (Å²) >= 11 is 0. The maximum atomic E-state index is 13.4. The van der Waals surface area contributed by atoms with E-state index in [2.05, 4.69) is 5.32 Å². The molecule has 0 aromatic heterocycles. The summed E-state index contributed by atoms with van der Waals surface area (Å²) in [4.78, 5) is 11.8. The van der Waals surface area contributed by atoms with Gasteiger partial charge in [0.1, 0.15) is 0 Å². The highest BCUT2D eigenvalue weighted by Gasteiger charge is 2.47. The molecule has 0 aliphatic heterocycles. The number of amides is 1. The van der Waals surface area contributed by atoms with Crippen LogP contribution < -0.4 is 5.32 Å². The number of carbonyl (C=O) groups excluding carboxylic acids is 1. The second kappa shape index (κ2) is 4.89. The number of aliphatic hydroxyl groups is 1. The van der Waals surface area contributed by atoms with Gasteiger partial charge < -0.3 is 10.4 Å². The van der Waals surface area contributed by atoms with Gasteiger partial charge in [0.05, 0.1) is 12.5 Å². The lowest BCUT2D eigenvalue weighted by molar-refractivity contribution is -0.128. The Bertz CT molecular complexity index is 502. The SMILES string of the molecule is CC1(C)C(O)CC1NC(=O)Cc1cccc(F)c1F. The normalized spacial score (nSPS) is 24.7. The van der Waals surface area contributed by atoms with Crippen molar-refractivity contribution in [2.45, 2.75) is 38.8 Å². The van der Waals surface area contributed by atoms with Crippen LogP contribution in [0, 0.1) is 17.0 Å². The monoisotopic (exact) mass is 269 g/mol. The molecule has 0 radical (unpaired) electrons. The smallest absolute Gasteiger partial charge is 0.224 e. The van der Waals surface area contributed by atoms with Gasteiger partial charge in [-0.05, 0) is 12.5 Å². The molecule has 1 aliphatic carbocycles. The zero-order valence-electron chi connectivity index (χ0n) is 10.9. The third kappa shape index (κ3) is 2.61. The number of rotatable bonds is 3. The number of benzene rings is 1. The minimum Gasteiger partial charge on any atom is -0.392 e. The summed E-state index contributed by atoms with van der Waals surface area (Å²) in [5.74, 6) is -2.30. The van der Waals surface area contributed by atoms with E-state index in [-0.39, 0.29) is 29.3 Å².